The number of hydrogen-bond donors (Lipinski definition) is 0. The highest BCUT2D eigenvalue weighted by Gasteiger charge is 2.44. The molecule has 0 aromatic heterocycles. The summed E-state index contributed by atoms with van der Waals surface area (Å²) in [4.78, 5) is 16.4. The molecule has 2 bridgehead atoms. The molecule has 0 spiro atoms. The Balaban J connectivity index is 2.07. The van der Waals surface area contributed by atoms with Gasteiger partial charge in [-0.2, -0.15) is 0 Å². The van der Waals surface area contributed by atoms with Gasteiger partial charge in [0.25, 0.3) is 0 Å². The number of esters is 1. The Hall–Kier alpha value is -0.610. The third kappa shape index (κ3) is 1.76. The van der Waals surface area contributed by atoms with Crippen LogP contribution in [0.25, 0.3) is 0 Å². The van der Waals surface area contributed by atoms with Gasteiger partial charge in [-0.05, 0) is 20.8 Å². The average molecular weight is 212 g/mol. The van der Waals surface area contributed by atoms with Crippen molar-refractivity contribution in [1.82, 2.24) is 9.80 Å². The van der Waals surface area contributed by atoms with E-state index in [-0.39, 0.29) is 12.0 Å². The summed E-state index contributed by atoms with van der Waals surface area (Å²) in [5.41, 5.74) is 0. The van der Waals surface area contributed by atoms with Crippen LogP contribution in [0.15, 0.2) is 0 Å². The molecule has 5 atom stereocenters. The van der Waals surface area contributed by atoms with Crippen LogP contribution in [0.4, 0.5) is 0 Å². The first-order valence-electron chi connectivity index (χ1n) is 5.81. The molecule has 0 saturated carbocycles. The van der Waals surface area contributed by atoms with Crippen LogP contribution in [0.2, 0.25) is 0 Å². The lowest BCUT2D eigenvalue weighted by molar-refractivity contribution is -0.161. The van der Waals surface area contributed by atoms with E-state index < -0.39 is 0 Å². The number of carbonyl (C=O) groups is 1. The molecule has 15 heavy (non-hydrogen) atoms. The lowest BCUT2D eigenvalue weighted by Crippen LogP contribution is -2.70. The lowest BCUT2D eigenvalue weighted by atomic mass is 9.96. The van der Waals surface area contributed by atoms with E-state index in [9.17, 15) is 4.79 Å². The van der Waals surface area contributed by atoms with Gasteiger partial charge in [-0.1, -0.05) is 0 Å². The van der Waals surface area contributed by atoms with Gasteiger partial charge in [0.2, 0.25) is 0 Å². The van der Waals surface area contributed by atoms with Crippen molar-refractivity contribution in [3.63, 3.8) is 0 Å². The maximum atomic E-state index is 11.7. The summed E-state index contributed by atoms with van der Waals surface area (Å²) in [6, 6.07) is 0.983. The molecule has 3 heterocycles. The van der Waals surface area contributed by atoms with Crippen LogP contribution in [-0.4, -0.2) is 60.1 Å². The van der Waals surface area contributed by atoms with Gasteiger partial charge in [-0.15, -0.1) is 0 Å². The molecule has 4 nitrogen and oxygen atoms in total. The maximum absolute atomic E-state index is 11.7. The number of rotatable bonds is 2. The van der Waals surface area contributed by atoms with E-state index in [1.165, 1.54) is 0 Å². The molecular formula is C11H20N2O2. The normalized spacial score (nSPS) is 44.1. The minimum atomic E-state index is -0.0547. The van der Waals surface area contributed by atoms with E-state index in [0.717, 1.165) is 19.6 Å². The molecular weight excluding hydrogens is 192 g/mol. The molecule has 0 aliphatic carbocycles. The van der Waals surface area contributed by atoms with E-state index in [2.05, 4.69) is 23.6 Å². The number of fused-ring (bicyclic) bond motifs is 3. The second-order valence-corrected chi connectivity index (χ2v) is 4.48. The monoisotopic (exact) mass is 212 g/mol. The van der Waals surface area contributed by atoms with Crippen LogP contribution in [-0.2, 0) is 9.53 Å². The fourth-order valence-electron chi connectivity index (χ4n) is 2.71. The second kappa shape index (κ2) is 4.10. The summed E-state index contributed by atoms with van der Waals surface area (Å²) >= 11 is 0. The summed E-state index contributed by atoms with van der Waals surface area (Å²) in [6.07, 6.45) is 0. The molecule has 0 N–H and O–H groups in total. The minimum absolute atomic E-state index is 0.0371. The molecule has 0 radical (unpaired) electrons. The van der Waals surface area contributed by atoms with Crippen molar-refractivity contribution in [3.8, 4) is 0 Å². The van der Waals surface area contributed by atoms with Crippen molar-refractivity contribution < 1.29 is 9.53 Å². The zero-order chi connectivity index (χ0) is 11.0. The molecule has 0 aromatic carbocycles. The molecule has 3 saturated heterocycles. The van der Waals surface area contributed by atoms with Crippen molar-refractivity contribution in [2.45, 2.75) is 38.9 Å². The quantitative estimate of drug-likeness (QED) is 0.617. The Bertz CT molecular complexity index is 255. The third-order valence-electron chi connectivity index (χ3n) is 3.81. The molecule has 3 fully saturated rings. The summed E-state index contributed by atoms with van der Waals surface area (Å²) in [5, 5.41) is 0. The number of piperazine rings is 3. The van der Waals surface area contributed by atoms with E-state index in [4.69, 9.17) is 4.74 Å². The largest absolute Gasteiger partial charge is 0.465 e. The first kappa shape index (κ1) is 10.9. The van der Waals surface area contributed by atoms with Gasteiger partial charge in [-0.25, -0.2) is 0 Å². The molecule has 3 rings (SSSR count). The van der Waals surface area contributed by atoms with Gasteiger partial charge < -0.3 is 4.74 Å². The highest BCUT2D eigenvalue weighted by molar-refractivity contribution is 5.76. The number of ether oxygens (including phenoxy) is 1. The van der Waals surface area contributed by atoms with E-state index in [1.54, 1.807) is 0 Å². The molecule has 0 amide bonds. The SMILES string of the molecule is CCOC(=O)C1CN2CCN1C(C)C2C. The Morgan fingerprint density at radius 1 is 1.33 bits per heavy atom. The van der Waals surface area contributed by atoms with E-state index in [1.807, 2.05) is 6.92 Å². The van der Waals surface area contributed by atoms with Crippen LogP contribution in [0.3, 0.4) is 0 Å². The summed E-state index contributed by atoms with van der Waals surface area (Å²) < 4.78 is 5.11. The Labute approximate surface area is 91.2 Å². The van der Waals surface area contributed by atoms with Gasteiger partial charge >= 0.3 is 5.97 Å². The highest BCUT2D eigenvalue weighted by Crippen LogP contribution is 2.26. The minimum Gasteiger partial charge on any atom is -0.465 e. The lowest BCUT2D eigenvalue weighted by Gasteiger charge is -2.54. The van der Waals surface area contributed by atoms with Crippen LogP contribution in [0.5, 0.6) is 0 Å². The Morgan fingerprint density at radius 3 is 2.67 bits per heavy atom. The van der Waals surface area contributed by atoms with Crippen molar-refractivity contribution >= 4 is 5.97 Å². The number of hydrogen-bond acceptors (Lipinski definition) is 4. The third-order valence-corrected chi connectivity index (χ3v) is 3.81. The summed E-state index contributed by atoms with van der Waals surface area (Å²) in [7, 11) is 0. The summed E-state index contributed by atoms with van der Waals surface area (Å²) in [5.74, 6) is -0.0547. The van der Waals surface area contributed by atoms with Gasteiger partial charge in [0, 0.05) is 31.7 Å². The van der Waals surface area contributed by atoms with Crippen LogP contribution in [0.1, 0.15) is 20.8 Å². The van der Waals surface area contributed by atoms with Crippen LogP contribution in [0, 0.1) is 0 Å². The standard InChI is InChI=1S/C11H20N2O2/c1-4-15-11(14)10-7-12-5-6-13(10)9(3)8(12)2/h8-10H,4-7H2,1-3H3. The molecule has 4 heteroatoms. The predicted octanol–water partition coefficient (Wildman–Crippen LogP) is 0.326. The van der Waals surface area contributed by atoms with Gasteiger partial charge in [0.15, 0.2) is 0 Å². The zero-order valence-electron chi connectivity index (χ0n) is 9.77. The first-order chi connectivity index (χ1) is 7.15. The number of carbonyl (C=O) groups excluding carboxylic acids is 1. The number of nitrogens with zero attached hydrogens (tertiary/aromatic N) is 2. The van der Waals surface area contributed by atoms with Crippen molar-refractivity contribution in [3.05, 3.63) is 0 Å². The van der Waals surface area contributed by atoms with E-state index in [0.29, 0.717) is 18.7 Å². The topological polar surface area (TPSA) is 32.8 Å². The van der Waals surface area contributed by atoms with Crippen LogP contribution >= 0.6 is 0 Å². The maximum Gasteiger partial charge on any atom is 0.324 e. The zero-order valence-corrected chi connectivity index (χ0v) is 9.77. The van der Waals surface area contributed by atoms with Gasteiger partial charge in [0.05, 0.1) is 6.61 Å². The summed E-state index contributed by atoms with van der Waals surface area (Å²) in [6.45, 7) is 9.69. The fraction of sp³-hybridized carbons (Fsp3) is 0.909. The second-order valence-electron chi connectivity index (χ2n) is 4.48. The Morgan fingerprint density at radius 2 is 2.07 bits per heavy atom. The highest BCUT2D eigenvalue weighted by atomic mass is 16.5. The van der Waals surface area contributed by atoms with Crippen molar-refractivity contribution in [1.29, 1.82) is 0 Å². The smallest absolute Gasteiger partial charge is 0.324 e. The van der Waals surface area contributed by atoms with Gasteiger partial charge in [0.1, 0.15) is 6.04 Å². The molecule has 86 valence electrons. The molecule has 5 unspecified atom stereocenters. The van der Waals surface area contributed by atoms with Crippen LogP contribution < -0.4 is 0 Å². The fourth-order valence-corrected chi connectivity index (χ4v) is 2.71. The van der Waals surface area contributed by atoms with Crippen molar-refractivity contribution in [2.24, 2.45) is 0 Å². The van der Waals surface area contributed by atoms with Crippen molar-refractivity contribution in [2.75, 3.05) is 26.2 Å². The molecule has 0 aromatic rings. The predicted molar refractivity (Wildman–Crippen MR) is 57.6 cm³/mol. The Kier molecular flexibility index (Phi) is 2.98. The van der Waals surface area contributed by atoms with E-state index >= 15 is 0 Å². The van der Waals surface area contributed by atoms with Gasteiger partial charge in [-0.3, -0.25) is 14.6 Å². The molecule has 3 aliphatic rings. The molecule has 3 aliphatic heterocycles. The average Bonchev–Trinajstić information content (AvgIpc) is 2.25. The first-order valence-corrected chi connectivity index (χ1v) is 5.81.